The molecule has 4 heterocycles. The number of ether oxygens (including phenoxy) is 1. The zero-order valence-corrected chi connectivity index (χ0v) is 17.1. The van der Waals surface area contributed by atoms with E-state index in [4.69, 9.17) is 4.74 Å². The summed E-state index contributed by atoms with van der Waals surface area (Å²) < 4.78 is 8.68. The SMILES string of the molecule is CCn1c(C2CCCN(C)C2)nnc1N1CCC2(CC1)OCc1ccccc12. The number of hydrogen-bond acceptors (Lipinski definition) is 5. The third-order valence-electron chi connectivity index (χ3n) is 6.93. The van der Waals surface area contributed by atoms with Crippen molar-refractivity contribution < 1.29 is 4.74 Å². The van der Waals surface area contributed by atoms with Gasteiger partial charge in [-0.25, -0.2) is 0 Å². The molecule has 1 atom stereocenters. The molecule has 6 nitrogen and oxygen atoms in total. The second-order valence-electron chi connectivity index (χ2n) is 8.63. The monoisotopic (exact) mass is 381 g/mol. The number of likely N-dealkylation sites (N-methyl/N-ethyl adjacent to an activating group) is 1. The van der Waals surface area contributed by atoms with Gasteiger partial charge in [-0.1, -0.05) is 24.3 Å². The number of fused-ring (bicyclic) bond motifs is 2. The minimum Gasteiger partial charge on any atom is -0.365 e. The predicted octanol–water partition coefficient (Wildman–Crippen LogP) is 3.13. The van der Waals surface area contributed by atoms with Crippen molar-refractivity contribution in [3.8, 4) is 0 Å². The predicted molar refractivity (Wildman–Crippen MR) is 110 cm³/mol. The van der Waals surface area contributed by atoms with Crippen LogP contribution in [0.15, 0.2) is 24.3 Å². The van der Waals surface area contributed by atoms with E-state index in [9.17, 15) is 0 Å². The normalized spacial score (nSPS) is 24.6. The van der Waals surface area contributed by atoms with Crippen molar-refractivity contribution in [2.75, 3.05) is 38.1 Å². The quantitative estimate of drug-likeness (QED) is 0.817. The van der Waals surface area contributed by atoms with Crippen molar-refractivity contribution in [1.29, 1.82) is 0 Å². The summed E-state index contributed by atoms with van der Waals surface area (Å²) in [5.41, 5.74) is 2.66. The Labute approximate surface area is 167 Å². The van der Waals surface area contributed by atoms with Crippen LogP contribution >= 0.6 is 0 Å². The number of anilines is 1. The Morgan fingerprint density at radius 3 is 2.75 bits per heavy atom. The van der Waals surface area contributed by atoms with Gasteiger partial charge < -0.3 is 14.5 Å². The largest absolute Gasteiger partial charge is 0.365 e. The van der Waals surface area contributed by atoms with E-state index in [1.807, 2.05) is 0 Å². The maximum atomic E-state index is 6.33. The van der Waals surface area contributed by atoms with Crippen molar-refractivity contribution >= 4 is 5.95 Å². The molecule has 0 saturated carbocycles. The zero-order valence-electron chi connectivity index (χ0n) is 17.1. The summed E-state index contributed by atoms with van der Waals surface area (Å²) in [6, 6.07) is 8.72. The molecule has 150 valence electrons. The van der Waals surface area contributed by atoms with Crippen molar-refractivity contribution in [3.05, 3.63) is 41.2 Å². The molecule has 1 aromatic heterocycles. The molecule has 5 rings (SSSR count). The number of hydrogen-bond donors (Lipinski definition) is 0. The Hall–Kier alpha value is -1.92. The van der Waals surface area contributed by atoms with Crippen LogP contribution in [0.2, 0.25) is 0 Å². The molecule has 3 aliphatic rings. The Morgan fingerprint density at radius 2 is 1.96 bits per heavy atom. The van der Waals surface area contributed by atoms with Gasteiger partial charge in [0.2, 0.25) is 5.95 Å². The van der Waals surface area contributed by atoms with Gasteiger partial charge in [-0.3, -0.25) is 4.57 Å². The van der Waals surface area contributed by atoms with Gasteiger partial charge in [0.1, 0.15) is 5.82 Å². The fourth-order valence-electron chi connectivity index (χ4n) is 5.39. The van der Waals surface area contributed by atoms with Crippen LogP contribution in [0.4, 0.5) is 5.95 Å². The highest BCUT2D eigenvalue weighted by Crippen LogP contribution is 2.44. The third kappa shape index (κ3) is 2.94. The van der Waals surface area contributed by atoms with E-state index < -0.39 is 0 Å². The van der Waals surface area contributed by atoms with Crippen LogP contribution in [0, 0.1) is 0 Å². The molecule has 1 spiro atoms. The second kappa shape index (κ2) is 7.16. The van der Waals surface area contributed by atoms with E-state index in [1.54, 1.807) is 0 Å². The van der Waals surface area contributed by atoms with Crippen molar-refractivity contribution in [2.45, 2.75) is 57.3 Å². The molecule has 1 unspecified atom stereocenters. The molecule has 2 fully saturated rings. The molecular formula is C22H31N5O. The number of aromatic nitrogens is 3. The van der Waals surface area contributed by atoms with E-state index in [0.717, 1.165) is 51.6 Å². The molecule has 1 aromatic carbocycles. The number of rotatable bonds is 3. The van der Waals surface area contributed by atoms with Gasteiger partial charge in [-0.15, -0.1) is 10.2 Å². The first-order valence-electron chi connectivity index (χ1n) is 10.8. The number of piperidine rings is 2. The summed E-state index contributed by atoms with van der Waals surface area (Å²) in [4.78, 5) is 4.84. The molecular weight excluding hydrogens is 350 g/mol. The topological polar surface area (TPSA) is 46.4 Å². The highest BCUT2D eigenvalue weighted by molar-refractivity contribution is 5.39. The first-order valence-corrected chi connectivity index (χ1v) is 10.8. The van der Waals surface area contributed by atoms with Gasteiger partial charge in [-0.05, 0) is 57.3 Å². The minimum absolute atomic E-state index is 0.0981. The van der Waals surface area contributed by atoms with Gasteiger partial charge in [0, 0.05) is 32.1 Å². The first-order chi connectivity index (χ1) is 13.7. The zero-order chi connectivity index (χ0) is 19.1. The summed E-state index contributed by atoms with van der Waals surface area (Å²) in [6.45, 7) is 8.11. The molecule has 6 heteroatoms. The van der Waals surface area contributed by atoms with Crippen LogP contribution in [0.25, 0.3) is 0 Å². The molecule has 2 aromatic rings. The van der Waals surface area contributed by atoms with Crippen LogP contribution in [-0.2, 0) is 23.5 Å². The van der Waals surface area contributed by atoms with Crippen molar-refractivity contribution in [1.82, 2.24) is 19.7 Å². The van der Waals surface area contributed by atoms with Gasteiger partial charge >= 0.3 is 0 Å². The minimum atomic E-state index is -0.0981. The lowest BCUT2D eigenvalue weighted by Gasteiger charge is -2.39. The van der Waals surface area contributed by atoms with E-state index in [0.29, 0.717) is 5.92 Å². The summed E-state index contributed by atoms with van der Waals surface area (Å²) in [6.07, 6.45) is 4.50. The Bertz CT molecular complexity index is 839. The molecule has 0 N–H and O–H groups in total. The summed E-state index contributed by atoms with van der Waals surface area (Å²) >= 11 is 0. The molecule has 28 heavy (non-hydrogen) atoms. The fraction of sp³-hybridized carbons (Fsp3) is 0.636. The van der Waals surface area contributed by atoms with E-state index in [-0.39, 0.29) is 5.60 Å². The van der Waals surface area contributed by atoms with Gasteiger partial charge in [0.15, 0.2) is 0 Å². The molecule has 0 aliphatic carbocycles. The van der Waals surface area contributed by atoms with Gasteiger partial charge in [-0.2, -0.15) is 0 Å². The molecule has 2 saturated heterocycles. The molecule has 0 bridgehead atoms. The lowest BCUT2D eigenvalue weighted by atomic mass is 9.84. The molecule has 3 aliphatic heterocycles. The Balaban J connectivity index is 1.35. The maximum Gasteiger partial charge on any atom is 0.227 e. The van der Waals surface area contributed by atoms with E-state index in [2.05, 4.69) is 62.8 Å². The summed E-state index contributed by atoms with van der Waals surface area (Å²) in [5.74, 6) is 2.72. The maximum absolute atomic E-state index is 6.33. The lowest BCUT2D eigenvalue weighted by molar-refractivity contribution is -0.0553. The van der Waals surface area contributed by atoms with Gasteiger partial charge in [0.25, 0.3) is 0 Å². The van der Waals surface area contributed by atoms with E-state index >= 15 is 0 Å². The fourth-order valence-corrected chi connectivity index (χ4v) is 5.39. The third-order valence-corrected chi connectivity index (χ3v) is 6.93. The highest BCUT2D eigenvalue weighted by Gasteiger charge is 2.43. The number of nitrogens with zero attached hydrogens (tertiary/aromatic N) is 5. The van der Waals surface area contributed by atoms with Crippen LogP contribution in [0.3, 0.4) is 0 Å². The Kier molecular flexibility index (Phi) is 4.63. The highest BCUT2D eigenvalue weighted by atomic mass is 16.5. The standard InChI is InChI=1S/C22H31N5O/c1-3-27-20(17-8-6-12-25(2)15-17)23-24-21(27)26-13-10-22(11-14-26)19-9-5-4-7-18(19)16-28-22/h4-5,7,9,17H,3,6,8,10-16H2,1-2H3. The average molecular weight is 382 g/mol. The van der Waals surface area contributed by atoms with Crippen molar-refractivity contribution in [2.24, 2.45) is 0 Å². The smallest absolute Gasteiger partial charge is 0.227 e. The Morgan fingerprint density at radius 1 is 1.14 bits per heavy atom. The van der Waals surface area contributed by atoms with Crippen LogP contribution in [0.1, 0.15) is 55.5 Å². The summed E-state index contributed by atoms with van der Waals surface area (Å²) in [5, 5.41) is 9.31. The van der Waals surface area contributed by atoms with Crippen LogP contribution < -0.4 is 4.90 Å². The van der Waals surface area contributed by atoms with Crippen LogP contribution in [0.5, 0.6) is 0 Å². The first kappa shape index (κ1) is 18.1. The van der Waals surface area contributed by atoms with Gasteiger partial charge in [0.05, 0.1) is 12.2 Å². The molecule has 0 radical (unpaired) electrons. The van der Waals surface area contributed by atoms with E-state index in [1.165, 1.54) is 36.3 Å². The average Bonchev–Trinajstić information content (AvgIpc) is 3.31. The van der Waals surface area contributed by atoms with Crippen LogP contribution in [-0.4, -0.2) is 52.9 Å². The summed E-state index contributed by atoms with van der Waals surface area (Å²) in [7, 11) is 2.21. The lowest BCUT2D eigenvalue weighted by Crippen LogP contribution is -2.43. The van der Waals surface area contributed by atoms with Crippen molar-refractivity contribution in [3.63, 3.8) is 0 Å². The number of benzene rings is 1. The molecule has 0 amide bonds. The number of likely N-dealkylation sites (tertiary alicyclic amines) is 1. The second-order valence-corrected chi connectivity index (χ2v) is 8.63.